The minimum Gasteiger partial charge on any atom is -0.407 e. The highest BCUT2D eigenvalue weighted by Crippen LogP contribution is 2.48. The van der Waals surface area contributed by atoms with Gasteiger partial charge in [-0.3, -0.25) is 4.57 Å². The summed E-state index contributed by atoms with van der Waals surface area (Å²) in [5.41, 5.74) is 6.58. The molecule has 0 saturated heterocycles. The summed E-state index contributed by atoms with van der Waals surface area (Å²) in [4.78, 5) is 4.47. The first kappa shape index (κ1) is 38.4. The van der Waals surface area contributed by atoms with Gasteiger partial charge in [-0.05, 0) is 84.4 Å². The number of allylic oxidation sites excluding steroid dienone is 4. The normalized spacial score (nSPS) is 16.6. The maximum atomic E-state index is 11.1. The summed E-state index contributed by atoms with van der Waals surface area (Å²) in [6, 6.07) is 36.6. The van der Waals surface area contributed by atoms with Crippen LogP contribution in [-0.2, 0) is 5.50 Å². The van der Waals surface area contributed by atoms with Crippen LogP contribution in [0.2, 0.25) is 0 Å². The Morgan fingerprint density at radius 1 is 0.552 bits per heavy atom. The fraction of sp³-hybridized carbons (Fsp3) is 0.0682. The Morgan fingerprint density at radius 3 is 1.79 bits per heavy atom. The van der Waals surface area contributed by atoms with Gasteiger partial charge < -0.3 is 10.2 Å². The number of aliphatic hydroxyl groups is 2. The van der Waals surface area contributed by atoms with E-state index in [1.54, 1.807) is 22.8 Å². The summed E-state index contributed by atoms with van der Waals surface area (Å²) in [5.74, 6) is -0.712. The third-order valence-corrected chi connectivity index (χ3v) is 11.5. The molecule has 14 heteroatoms. The van der Waals surface area contributed by atoms with Crippen molar-refractivity contribution in [3.05, 3.63) is 165 Å². The molecule has 2 N–H and O–H groups in total. The molecule has 6 aromatic carbocycles. The molecular weight excluding hydrogens is 697 g/mol. The maximum absolute atomic E-state index is 11.1. The molecule has 2 atom stereocenters. The van der Waals surface area contributed by atoms with Gasteiger partial charge in [0.1, 0.15) is 84.3 Å². The fourth-order valence-corrected chi connectivity index (χ4v) is 8.40. The molecule has 1 heterocycles. The van der Waals surface area contributed by atoms with Crippen LogP contribution in [0.5, 0.6) is 0 Å². The number of benzene rings is 6. The van der Waals surface area contributed by atoms with Crippen LogP contribution < -0.4 is 32.3 Å². The van der Waals surface area contributed by atoms with Gasteiger partial charge in [-0.1, -0.05) is 107 Å². The lowest BCUT2D eigenvalue weighted by Crippen LogP contribution is -2.66. The molecule has 0 fully saturated rings. The average Bonchev–Trinajstić information content (AvgIpc) is 3.72. The van der Waals surface area contributed by atoms with Crippen LogP contribution in [0.3, 0.4) is 0 Å². The molecule has 0 spiro atoms. The molecular formula is C44H22B10N2O2. The second-order valence-electron chi connectivity index (χ2n) is 14.8. The van der Waals surface area contributed by atoms with Crippen LogP contribution in [0.4, 0.5) is 0 Å². The van der Waals surface area contributed by atoms with E-state index in [0.717, 1.165) is 38.6 Å². The smallest absolute Gasteiger partial charge is 0.138 e. The Balaban J connectivity index is 1.23. The summed E-state index contributed by atoms with van der Waals surface area (Å²) in [5, 5.41) is 22.0. The molecule has 9 rings (SSSR count). The van der Waals surface area contributed by atoms with E-state index in [1.165, 1.54) is 0 Å². The van der Waals surface area contributed by atoms with Crippen LogP contribution in [0, 0.1) is 5.92 Å². The SMILES string of the molecule is [B]C1=C([B])C2C(=C1[B])C(c1ccc(-c3ccc(-n4c(C([B])(O)C([B])([B])O)nc5ccccc54)cc3)cc1)=c1c([B])c([B])c([B])c([B])c1=C2c1cccc2ccccc12. The Hall–Kier alpha value is -5.16. The number of hydrogen-bond donors (Lipinski definition) is 2. The third-order valence-electron chi connectivity index (χ3n) is 11.5. The lowest BCUT2D eigenvalue weighted by Gasteiger charge is -2.37. The van der Waals surface area contributed by atoms with E-state index in [0.29, 0.717) is 49.2 Å². The molecule has 0 amide bonds. The van der Waals surface area contributed by atoms with Crippen LogP contribution in [0.1, 0.15) is 17.0 Å². The third kappa shape index (κ3) is 5.62. The molecule has 4 nitrogen and oxygen atoms in total. The van der Waals surface area contributed by atoms with Crippen LogP contribution in [-0.4, -0.2) is 104 Å². The molecule has 0 bridgehead atoms. The van der Waals surface area contributed by atoms with Crippen molar-refractivity contribution in [2.45, 2.75) is 10.9 Å². The first-order valence-corrected chi connectivity index (χ1v) is 18.4. The number of para-hydroxylation sites is 2. The second kappa shape index (κ2) is 13.7. The Kier molecular flexibility index (Phi) is 9.07. The summed E-state index contributed by atoms with van der Waals surface area (Å²) >= 11 is 0. The van der Waals surface area contributed by atoms with Gasteiger partial charge in [0.25, 0.3) is 0 Å². The van der Waals surface area contributed by atoms with Gasteiger partial charge in [-0.2, -0.15) is 0 Å². The van der Waals surface area contributed by atoms with Crippen molar-refractivity contribution < 1.29 is 10.2 Å². The minimum atomic E-state index is -2.69. The topological polar surface area (TPSA) is 58.3 Å². The molecule has 20 radical (unpaired) electrons. The number of nitrogens with zero attached hydrogens (tertiary/aromatic N) is 2. The molecule has 2 aliphatic carbocycles. The summed E-state index contributed by atoms with van der Waals surface area (Å²) in [6.45, 7) is 0. The summed E-state index contributed by atoms with van der Waals surface area (Å²) in [7, 11) is 64.9. The van der Waals surface area contributed by atoms with Crippen molar-refractivity contribution in [2.24, 2.45) is 5.92 Å². The zero-order valence-electron chi connectivity index (χ0n) is 31.1. The van der Waals surface area contributed by atoms with E-state index in [9.17, 15) is 10.2 Å². The quantitative estimate of drug-likeness (QED) is 0.225. The molecule has 7 aromatic rings. The van der Waals surface area contributed by atoms with Crippen molar-refractivity contribution in [3.8, 4) is 16.8 Å². The van der Waals surface area contributed by atoms with E-state index in [4.69, 9.17) is 78.5 Å². The standard InChI is InChI=1S/C44H22B10N2O2/c45-35-31-29(32-34(38(48)41(51)40(50)36(32)46)30(33(31)37(47)39(35)49)26-9-5-7-22-6-1-2-8-25(22)26)23-14-12-20(13-15-23)21-16-18-24(19-17-21)56-28-11-4-3-10-27(28)55-42(56)43(52,57)44(53,54)58/h1-19,33,57-58H. The Labute approximate surface area is 349 Å². The van der Waals surface area contributed by atoms with Crippen LogP contribution in [0.25, 0.3) is 49.8 Å². The largest absolute Gasteiger partial charge is 0.407 e. The Bertz CT molecular complexity index is 3090. The van der Waals surface area contributed by atoms with Gasteiger partial charge in [0, 0.05) is 17.0 Å². The lowest BCUT2D eigenvalue weighted by atomic mass is 9.49. The molecule has 0 aliphatic heterocycles. The molecule has 2 unspecified atom stereocenters. The zero-order valence-corrected chi connectivity index (χ0v) is 31.1. The van der Waals surface area contributed by atoms with Gasteiger partial charge in [-0.15, -0.1) is 21.9 Å². The van der Waals surface area contributed by atoms with Crippen molar-refractivity contribution in [1.82, 2.24) is 9.55 Å². The van der Waals surface area contributed by atoms with Gasteiger partial charge in [0.15, 0.2) is 0 Å². The van der Waals surface area contributed by atoms with E-state index in [1.807, 2.05) is 97.1 Å². The summed E-state index contributed by atoms with van der Waals surface area (Å²) in [6.07, 6.45) is 0. The molecule has 2 aliphatic rings. The van der Waals surface area contributed by atoms with Crippen LogP contribution >= 0.6 is 0 Å². The number of aromatic nitrogens is 2. The maximum Gasteiger partial charge on any atom is 0.138 e. The first-order valence-electron chi connectivity index (χ1n) is 18.4. The molecule has 58 heavy (non-hydrogen) atoms. The Morgan fingerprint density at radius 2 is 1.12 bits per heavy atom. The van der Waals surface area contributed by atoms with E-state index in [-0.39, 0.29) is 33.1 Å². The number of hydrogen-bond acceptors (Lipinski definition) is 3. The van der Waals surface area contributed by atoms with Crippen molar-refractivity contribution >= 4 is 133 Å². The van der Waals surface area contributed by atoms with Gasteiger partial charge in [0.2, 0.25) is 0 Å². The number of imidazole rings is 1. The van der Waals surface area contributed by atoms with Gasteiger partial charge in [0.05, 0.1) is 16.5 Å². The highest BCUT2D eigenvalue weighted by atomic mass is 16.3. The first-order chi connectivity index (χ1) is 27.6. The van der Waals surface area contributed by atoms with E-state index in [2.05, 4.69) is 4.98 Å². The van der Waals surface area contributed by atoms with E-state index >= 15 is 0 Å². The molecule has 1 aromatic heterocycles. The minimum absolute atomic E-state index is 0.138. The van der Waals surface area contributed by atoms with E-state index < -0.39 is 16.8 Å². The van der Waals surface area contributed by atoms with Crippen molar-refractivity contribution in [2.75, 3.05) is 0 Å². The number of fused-ring (bicyclic) bond motifs is 4. The monoisotopic (exact) mass is 720 g/mol. The highest BCUT2D eigenvalue weighted by Gasteiger charge is 2.42. The second-order valence-corrected chi connectivity index (χ2v) is 14.8. The average molecular weight is 719 g/mol. The molecule has 250 valence electrons. The van der Waals surface area contributed by atoms with Gasteiger partial charge >= 0.3 is 0 Å². The fourth-order valence-electron chi connectivity index (χ4n) is 8.40. The van der Waals surface area contributed by atoms with Crippen LogP contribution in [0.15, 0.2) is 137 Å². The zero-order chi connectivity index (χ0) is 41.0. The lowest BCUT2D eigenvalue weighted by molar-refractivity contribution is -0.00426. The highest BCUT2D eigenvalue weighted by molar-refractivity contribution is 6.62. The van der Waals surface area contributed by atoms with Crippen molar-refractivity contribution in [1.29, 1.82) is 0 Å². The number of rotatable bonds is 6. The predicted molar refractivity (Wildman–Crippen MR) is 244 cm³/mol. The van der Waals surface area contributed by atoms with Gasteiger partial charge in [-0.25, -0.2) is 4.98 Å². The van der Waals surface area contributed by atoms with Crippen molar-refractivity contribution in [3.63, 3.8) is 0 Å². The molecule has 0 saturated carbocycles. The summed E-state index contributed by atoms with van der Waals surface area (Å²) < 4.78 is 1.60. The predicted octanol–water partition coefficient (Wildman–Crippen LogP) is -0.670.